The predicted octanol–water partition coefficient (Wildman–Crippen LogP) is 3.15. The molecule has 1 aromatic carbocycles. The molecule has 0 radical (unpaired) electrons. The number of aliphatic carboxylic acids is 1. The molecule has 2 rings (SSSR count). The third-order valence-corrected chi connectivity index (χ3v) is 4.47. The van der Waals surface area contributed by atoms with Crippen LogP contribution >= 0.6 is 0 Å². The first-order valence-corrected chi connectivity index (χ1v) is 8.31. The average molecular weight is 319 g/mol. The third-order valence-electron chi connectivity index (χ3n) is 4.47. The minimum Gasteiger partial charge on any atom is -0.494 e. The number of carbonyl (C=O) groups is 2. The standard InChI is InChI=1S/C18H25NO4/c1-3-15(14-7-5-6-8-16(14)23-4-2)19-17(20)12-9-10-13(11-12)18(21)22/h5-8,12-13,15H,3-4,9-11H2,1-2H3,(H,19,20)(H,21,22)/t12-,13+,15?/m1/s1. The summed E-state index contributed by atoms with van der Waals surface area (Å²) in [5, 5.41) is 12.1. The smallest absolute Gasteiger partial charge is 0.306 e. The molecule has 0 spiro atoms. The van der Waals surface area contributed by atoms with E-state index in [0.29, 0.717) is 25.9 Å². The Kier molecular flexibility index (Phi) is 6.02. The van der Waals surface area contributed by atoms with Gasteiger partial charge in [0.05, 0.1) is 18.6 Å². The summed E-state index contributed by atoms with van der Waals surface area (Å²) >= 11 is 0. The number of para-hydroxylation sites is 1. The van der Waals surface area contributed by atoms with E-state index in [4.69, 9.17) is 9.84 Å². The van der Waals surface area contributed by atoms with Gasteiger partial charge in [0.25, 0.3) is 0 Å². The Morgan fingerprint density at radius 1 is 1.26 bits per heavy atom. The van der Waals surface area contributed by atoms with Crippen molar-refractivity contribution in [3.63, 3.8) is 0 Å². The largest absolute Gasteiger partial charge is 0.494 e. The van der Waals surface area contributed by atoms with Crippen molar-refractivity contribution >= 4 is 11.9 Å². The lowest BCUT2D eigenvalue weighted by molar-refractivity contribution is -0.141. The van der Waals surface area contributed by atoms with Crippen LogP contribution in [0.3, 0.4) is 0 Å². The molecule has 2 N–H and O–H groups in total. The highest BCUT2D eigenvalue weighted by Gasteiger charge is 2.34. The van der Waals surface area contributed by atoms with Crippen molar-refractivity contribution in [2.45, 2.75) is 45.6 Å². The van der Waals surface area contributed by atoms with E-state index in [-0.39, 0.29) is 23.8 Å². The maximum atomic E-state index is 12.5. The van der Waals surface area contributed by atoms with E-state index in [1.165, 1.54) is 0 Å². The van der Waals surface area contributed by atoms with Gasteiger partial charge in [-0.25, -0.2) is 0 Å². The fourth-order valence-electron chi connectivity index (χ4n) is 3.19. The molecule has 1 unspecified atom stereocenters. The van der Waals surface area contributed by atoms with E-state index in [1.807, 2.05) is 38.1 Å². The SMILES string of the molecule is CCOc1ccccc1C(CC)NC(=O)[C@@H]1CC[C@H](C(=O)O)C1. The van der Waals surface area contributed by atoms with Crippen LogP contribution in [0.15, 0.2) is 24.3 Å². The number of hydrogen-bond acceptors (Lipinski definition) is 3. The van der Waals surface area contributed by atoms with Crippen molar-refractivity contribution in [3.8, 4) is 5.75 Å². The Hall–Kier alpha value is -2.04. The highest BCUT2D eigenvalue weighted by molar-refractivity contribution is 5.81. The van der Waals surface area contributed by atoms with Crippen LogP contribution in [0.4, 0.5) is 0 Å². The number of amides is 1. The minimum atomic E-state index is -0.797. The molecule has 5 nitrogen and oxygen atoms in total. The molecule has 0 aromatic heterocycles. The van der Waals surface area contributed by atoms with Crippen molar-refractivity contribution in [3.05, 3.63) is 29.8 Å². The zero-order valence-electron chi connectivity index (χ0n) is 13.7. The first-order valence-electron chi connectivity index (χ1n) is 8.31. The maximum Gasteiger partial charge on any atom is 0.306 e. The maximum absolute atomic E-state index is 12.5. The normalized spacial score (nSPS) is 21.7. The number of benzene rings is 1. The summed E-state index contributed by atoms with van der Waals surface area (Å²) in [6.07, 6.45) is 2.42. The van der Waals surface area contributed by atoms with Gasteiger partial charge in [-0.1, -0.05) is 25.1 Å². The van der Waals surface area contributed by atoms with Crippen LogP contribution in [0.5, 0.6) is 5.75 Å². The second-order valence-corrected chi connectivity index (χ2v) is 5.99. The summed E-state index contributed by atoms with van der Waals surface area (Å²) in [5.74, 6) is -0.649. The van der Waals surface area contributed by atoms with Crippen LogP contribution in [0.25, 0.3) is 0 Å². The molecule has 5 heteroatoms. The van der Waals surface area contributed by atoms with Crippen LogP contribution in [0.1, 0.15) is 51.1 Å². The third kappa shape index (κ3) is 4.24. The minimum absolute atomic E-state index is 0.0492. The lowest BCUT2D eigenvalue weighted by atomic mass is 10.00. The molecule has 1 fully saturated rings. The average Bonchev–Trinajstić information content (AvgIpc) is 3.04. The highest BCUT2D eigenvalue weighted by atomic mass is 16.5. The molecule has 0 aliphatic heterocycles. The number of carbonyl (C=O) groups excluding carboxylic acids is 1. The highest BCUT2D eigenvalue weighted by Crippen LogP contribution is 2.33. The van der Waals surface area contributed by atoms with Crippen LogP contribution in [-0.2, 0) is 9.59 Å². The van der Waals surface area contributed by atoms with Gasteiger partial charge in [0.15, 0.2) is 0 Å². The van der Waals surface area contributed by atoms with Crippen molar-refractivity contribution in [1.29, 1.82) is 0 Å². The lowest BCUT2D eigenvalue weighted by Crippen LogP contribution is -2.33. The van der Waals surface area contributed by atoms with Gasteiger partial charge in [-0.15, -0.1) is 0 Å². The molecule has 23 heavy (non-hydrogen) atoms. The van der Waals surface area contributed by atoms with E-state index in [1.54, 1.807) is 0 Å². The molecule has 0 bridgehead atoms. The summed E-state index contributed by atoms with van der Waals surface area (Å²) in [6, 6.07) is 7.60. The van der Waals surface area contributed by atoms with E-state index in [2.05, 4.69) is 5.32 Å². The molecular formula is C18H25NO4. The second kappa shape index (κ2) is 7.99. The van der Waals surface area contributed by atoms with Gasteiger partial charge >= 0.3 is 5.97 Å². The fourth-order valence-corrected chi connectivity index (χ4v) is 3.19. The molecule has 3 atom stereocenters. The van der Waals surface area contributed by atoms with Crippen LogP contribution in [0, 0.1) is 11.8 Å². The van der Waals surface area contributed by atoms with Gasteiger partial charge in [-0.3, -0.25) is 9.59 Å². The van der Waals surface area contributed by atoms with Gasteiger partial charge < -0.3 is 15.2 Å². The van der Waals surface area contributed by atoms with Gasteiger partial charge in [0.2, 0.25) is 5.91 Å². The number of rotatable bonds is 7. The van der Waals surface area contributed by atoms with Crippen molar-refractivity contribution < 1.29 is 19.4 Å². The predicted molar refractivity (Wildman–Crippen MR) is 87.3 cm³/mol. The molecular weight excluding hydrogens is 294 g/mol. The van der Waals surface area contributed by atoms with Crippen LogP contribution in [0.2, 0.25) is 0 Å². The molecule has 0 heterocycles. The quantitative estimate of drug-likeness (QED) is 0.809. The number of ether oxygens (including phenoxy) is 1. The first kappa shape index (κ1) is 17.3. The Labute approximate surface area is 137 Å². The van der Waals surface area contributed by atoms with Gasteiger partial charge in [0.1, 0.15) is 5.75 Å². The van der Waals surface area contributed by atoms with Gasteiger partial charge in [-0.05, 0) is 38.7 Å². The molecule has 1 aliphatic carbocycles. The fraction of sp³-hybridized carbons (Fsp3) is 0.556. The van der Waals surface area contributed by atoms with Gasteiger partial charge in [0, 0.05) is 11.5 Å². The van der Waals surface area contributed by atoms with Crippen LogP contribution < -0.4 is 10.1 Å². The molecule has 126 valence electrons. The zero-order chi connectivity index (χ0) is 16.8. The summed E-state index contributed by atoms with van der Waals surface area (Å²) in [5.41, 5.74) is 0.970. The topological polar surface area (TPSA) is 75.6 Å². The van der Waals surface area contributed by atoms with Crippen molar-refractivity contribution in [1.82, 2.24) is 5.32 Å². The summed E-state index contributed by atoms with van der Waals surface area (Å²) in [6.45, 7) is 4.52. The molecule has 1 aromatic rings. The second-order valence-electron chi connectivity index (χ2n) is 5.99. The lowest BCUT2D eigenvalue weighted by Gasteiger charge is -2.22. The Balaban J connectivity index is 2.05. The first-order chi connectivity index (χ1) is 11.1. The zero-order valence-corrected chi connectivity index (χ0v) is 13.7. The monoisotopic (exact) mass is 319 g/mol. The van der Waals surface area contributed by atoms with Crippen molar-refractivity contribution in [2.24, 2.45) is 11.8 Å². The molecule has 1 amide bonds. The summed E-state index contributed by atoms with van der Waals surface area (Å²) in [7, 11) is 0. The Bertz CT molecular complexity index is 558. The molecule has 1 aliphatic rings. The number of hydrogen-bond donors (Lipinski definition) is 2. The van der Waals surface area contributed by atoms with Crippen LogP contribution in [-0.4, -0.2) is 23.6 Å². The van der Waals surface area contributed by atoms with Gasteiger partial charge in [-0.2, -0.15) is 0 Å². The summed E-state index contributed by atoms with van der Waals surface area (Å²) in [4.78, 5) is 23.5. The van der Waals surface area contributed by atoms with E-state index < -0.39 is 5.97 Å². The summed E-state index contributed by atoms with van der Waals surface area (Å²) < 4.78 is 5.65. The number of carboxylic acid groups (broad SMARTS) is 1. The van der Waals surface area contributed by atoms with E-state index in [0.717, 1.165) is 17.7 Å². The van der Waals surface area contributed by atoms with Crippen molar-refractivity contribution in [2.75, 3.05) is 6.61 Å². The number of carboxylic acids is 1. The van der Waals surface area contributed by atoms with E-state index >= 15 is 0 Å². The Morgan fingerprint density at radius 2 is 1.96 bits per heavy atom. The number of nitrogens with one attached hydrogen (secondary N) is 1. The molecule has 0 saturated heterocycles. The molecule has 1 saturated carbocycles. The van der Waals surface area contributed by atoms with E-state index in [9.17, 15) is 9.59 Å². The Morgan fingerprint density at radius 3 is 2.57 bits per heavy atom.